The molecule has 1 aliphatic heterocycles. The molecule has 1 saturated heterocycles. The van der Waals surface area contributed by atoms with Gasteiger partial charge in [-0.05, 0) is 37.1 Å². The molecule has 0 aliphatic carbocycles. The molecule has 1 fully saturated rings. The van der Waals surface area contributed by atoms with E-state index >= 15 is 4.39 Å². The van der Waals surface area contributed by atoms with Crippen molar-refractivity contribution in [3.8, 4) is 0 Å². The van der Waals surface area contributed by atoms with Crippen LogP contribution in [0, 0.1) is 24.4 Å². The number of anilines is 2. The zero-order valence-corrected chi connectivity index (χ0v) is 16.8. The number of amides is 2. The van der Waals surface area contributed by atoms with Crippen molar-refractivity contribution in [2.24, 2.45) is 0 Å². The molecule has 0 atom stereocenters. The lowest BCUT2D eigenvalue weighted by molar-refractivity contribution is -0.128. The number of hydroxylamine groups is 1. The summed E-state index contributed by atoms with van der Waals surface area (Å²) in [6, 6.07) is 5.20. The molecule has 3 rings (SSSR count). The fourth-order valence-corrected chi connectivity index (χ4v) is 3.25. The topological polar surface area (TPSA) is 90.9 Å². The van der Waals surface area contributed by atoms with Crippen LogP contribution in [-0.2, 0) is 16.2 Å². The number of aliphatic hydroxyl groups excluding tert-OH is 1. The van der Waals surface area contributed by atoms with E-state index in [2.05, 4.69) is 5.32 Å². The zero-order valence-electron chi connectivity index (χ0n) is 16.8. The molecule has 166 valence electrons. The fourth-order valence-electron chi connectivity index (χ4n) is 3.25. The summed E-state index contributed by atoms with van der Waals surface area (Å²) < 4.78 is 44.1. The number of aryl methyl sites for hydroxylation is 1. The molecule has 0 unspecified atom stereocenters. The number of likely N-dealkylation sites (tertiary alicyclic amines) is 1. The average Bonchev–Trinajstić information content (AvgIpc) is 3.13. The third kappa shape index (κ3) is 5.15. The van der Waals surface area contributed by atoms with Crippen molar-refractivity contribution < 1.29 is 32.7 Å². The summed E-state index contributed by atoms with van der Waals surface area (Å²) in [5.41, 5.74) is 1.36. The lowest BCUT2D eigenvalue weighted by Gasteiger charge is -2.20. The summed E-state index contributed by atoms with van der Waals surface area (Å²) >= 11 is 0. The number of carbonyl (C=O) groups is 2. The minimum Gasteiger partial charge on any atom is -0.394 e. The van der Waals surface area contributed by atoms with Gasteiger partial charge in [-0.3, -0.25) is 14.4 Å². The van der Waals surface area contributed by atoms with Crippen LogP contribution in [0.2, 0.25) is 0 Å². The highest BCUT2D eigenvalue weighted by molar-refractivity contribution is 6.00. The van der Waals surface area contributed by atoms with E-state index in [4.69, 9.17) is 9.94 Å². The minimum atomic E-state index is -1.39. The number of halogens is 3. The van der Waals surface area contributed by atoms with E-state index in [9.17, 15) is 18.4 Å². The lowest BCUT2D eigenvalue weighted by Crippen LogP contribution is -2.28. The van der Waals surface area contributed by atoms with Crippen LogP contribution < -0.4 is 10.8 Å². The molecule has 3 N–H and O–H groups in total. The quantitative estimate of drug-likeness (QED) is 0.437. The largest absolute Gasteiger partial charge is 0.394 e. The maximum absolute atomic E-state index is 15.0. The maximum atomic E-state index is 15.0. The predicted molar refractivity (Wildman–Crippen MR) is 106 cm³/mol. The number of hydrogen-bond donors (Lipinski definition) is 3. The van der Waals surface area contributed by atoms with Crippen LogP contribution in [0.15, 0.2) is 24.3 Å². The van der Waals surface area contributed by atoms with E-state index < -0.39 is 29.0 Å². The van der Waals surface area contributed by atoms with Gasteiger partial charge in [-0.15, -0.1) is 0 Å². The first-order valence-corrected chi connectivity index (χ1v) is 9.66. The molecular weight excluding hydrogens is 415 g/mol. The summed E-state index contributed by atoms with van der Waals surface area (Å²) in [6.07, 6.45) is 0.927. The Morgan fingerprint density at radius 2 is 2.00 bits per heavy atom. The van der Waals surface area contributed by atoms with Crippen LogP contribution in [0.1, 0.15) is 34.3 Å². The molecule has 0 bridgehead atoms. The molecular formula is C21H22F3N3O4. The summed E-state index contributed by atoms with van der Waals surface area (Å²) in [5, 5.41) is 11.2. The maximum Gasteiger partial charge on any atom is 0.277 e. The molecule has 1 heterocycles. The summed E-state index contributed by atoms with van der Waals surface area (Å²) in [5.74, 6) is -4.48. The number of aliphatic hydroxyl groups is 1. The highest BCUT2D eigenvalue weighted by atomic mass is 19.2. The first-order valence-electron chi connectivity index (χ1n) is 9.66. The molecule has 0 aromatic heterocycles. The number of benzene rings is 2. The number of carbonyl (C=O) groups excluding carboxylic acids is 2. The molecule has 1 aliphatic rings. The van der Waals surface area contributed by atoms with Gasteiger partial charge in [-0.25, -0.2) is 18.7 Å². The van der Waals surface area contributed by atoms with Crippen LogP contribution in [-0.4, -0.2) is 41.6 Å². The first-order chi connectivity index (χ1) is 14.8. The minimum absolute atomic E-state index is 0.156. The predicted octanol–water partition coefficient (Wildman–Crippen LogP) is 2.93. The van der Waals surface area contributed by atoms with Gasteiger partial charge in [0.2, 0.25) is 5.91 Å². The van der Waals surface area contributed by atoms with Crippen LogP contribution in [0.3, 0.4) is 0 Å². The molecule has 0 saturated carbocycles. The Bertz CT molecular complexity index is 1000. The molecule has 2 aromatic carbocycles. The second kappa shape index (κ2) is 9.80. The second-order valence-electron chi connectivity index (χ2n) is 7.12. The summed E-state index contributed by atoms with van der Waals surface area (Å²) in [6.45, 7) is 1.26. The highest BCUT2D eigenvalue weighted by Crippen LogP contribution is 2.31. The average molecular weight is 437 g/mol. The standard InChI is InChI=1S/C21H22F3N3O4/c1-12-4-5-16(15(22)9-12)25-20-14(21(30)26-31-8-7-28)10-13(18(23)19(20)24)11-27-6-2-3-17(27)29/h4-5,9-10,25,28H,2-3,6-8,11H2,1H3,(H,26,30). The van der Waals surface area contributed by atoms with Gasteiger partial charge >= 0.3 is 0 Å². The Kier molecular flexibility index (Phi) is 7.13. The molecule has 0 radical (unpaired) electrons. The normalized spacial score (nSPS) is 13.6. The van der Waals surface area contributed by atoms with Crippen molar-refractivity contribution in [1.29, 1.82) is 0 Å². The van der Waals surface area contributed by atoms with Gasteiger partial charge in [-0.1, -0.05) is 6.07 Å². The van der Waals surface area contributed by atoms with E-state index in [1.54, 1.807) is 13.0 Å². The van der Waals surface area contributed by atoms with Crippen molar-refractivity contribution >= 4 is 23.2 Å². The number of nitrogens with one attached hydrogen (secondary N) is 2. The molecule has 10 heteroatoms. The first kappa shape index (κ1) is 22.6. The van der Waals surface area contributed by atoms with Gasteiger partial charge in [0.1, 0.15) is 5.82 Å². The van der Waals surface area contributed by atoms with Crippen molar-refractivity contribution in [2.45, 2.75) is 26.3 Å². The molecule has 2 aromatic rings. The van der Waals surface area contributed by atoms with E-state index in [1.807, 2.05) is 5.48 Å². The Hall–Kier alpha value is -3.11. The van der Waals surface area contributed by atoms with Crippen molar-refractivity contribution in [2.75, 3.05) is 25.1 Å². The Morgan fingerprint density at radius 3 is 2.65 bits per heavy atom. The number of nitrogens with zero attached hydrogens (tertiary/aromatic N) is 1. The highest BCUT2D eigenvalue weighted by Gasteiger charge is 2.27. The zero-order chi connectivity index (χ0) is 22.5. The lowest BCUT2D eigenvalue weighted by atomic mass is 10.0. The van der Waals surface area contributed by atoms with Gasteiger partial charge in [0.05, 0.1) is 30.2 Å². The van der Waals surface area contributed by atoms with Crippen LogP contribution in [0.5, 0.6) is 0 Å². The van der Waals surface area contributed by atoms with Gasteiger partial charge < -0.3 is 15.3 Å². The van der Waals surface area contributed by atoms with Gasteiger partial charge in [-0.2, -0.15) is 0 Å². The van der Waals surface area contributed by atoms with Crippen molar-refractivity contribution in [3.05, 3.63) is 58.4 Å². The second-order valence-corrected chi connectivity index (χ2v) is 7.12. The van der Waals surface area contributed by atoms with Crippen molar-refractivity contribution in [3.63, 3.8) is 0 Å². The van der Waals surface area contributed by atoms with Crippen LogP contribution in [0.4, 0.5) is 24.5 Å². The molecule has 7 nitrogen and oxygen atoms in total. The smallest absolute Gasteiger partial charge is 0.277 e. The van der Waals surface area contributed by atoms with Gasteiger partial charge in [0.25, 0.3) is 5.91 Å². The van der Waals surface area contributed by atoms with Crippen LogP contribution in [0.25, 0.3) is 0 Å². The SMILES string of the molecule is Cc1ccc(Nc2c(C(=O)NOCCO)cc(CN3CCCC3=O)c(F)c2F)c(F)c1. The van der Waals surface area contributed by atoms with E-state index in [1.165, 1.54) is 17.0 Å². The third-order valence-electron chi connectivity index (χ3n) is 4.80. The Balaban J connectivity index is 2.01. The summed E-state index contributed by atoms with van der Waals surface area (Å²) in [7, 11) is 0. The molecule has 31 heavy (non-hydrogen) atoms. The monoisotopic (exact) mass is 437 g/mol. The summed E-state index contributed by atoms with van der Waals surface area (Å²) in [4.78, 5) is 30.6. The Morgan fingerprint density at radius 1 is 1.23 bits per heavy atom. The fraction of sp³-hybridized carbons (Fsp3) is 0.333. The van der Waals surface area contributed by atoms with Crippen LogP contribution >= 0.6 is 0 Å². The third-order valence-corrected chi connectivity index (χ3v) is 4.80. The van der Waals surface area contributed by atoms with E-state index in [0.29, 0.717) is 24.9 Å². The van der Waals surface area contributed by atoms with Crippen molar-refractivity contribution in [1.82, 2.24) is 10.4 Å². The van der Waals surface area contributed by atoms with E-state index in [0.717, 1.165) is 6.07 Å². The number of rotatable bonds is 8. The van der Waals surface area contributed by atoms with Gasteiger partial charge in [0, 0.05) is 25.1 Å². The molecule has 0 spiro atoms. The molecule has 2 amide bonds. The van der Waals surface area contributed by atoms with Gasteiger partial charge in [0.15, 0.2) is 11.6 Å². The van der Waals surface area contributed by atoms with E-state index in [-0.39, 0.29) is 42.5 Å². The Labute approximate surface area is 176 Å². The number of hydrogen-bond acceptors (Lipinski definition) is 5.